The number of carboxylic acid groups (broad SMARTS) is 1. The summed E-state index contributed by atoms with van der Waals surface area (Å²) >= 11 is 0. The minimum Gasteiger partial charge on any atom is -0.493 e. The van der Waals surface area contributed by atoms with Crippen molar-refractivity contribution in [1.82, 2.24) is 0 Å². The lowest BCUT2D eigenvalue weighted by Crippen LogP contribution is -2.15. The van der Waals surface area contributed by atoms with Crippen LogP contribution >= 0.6 is 0 Å². The van der Waals surface area contributed by atoms with Gasteiger partial charge in [0.05, 0.1) is 24.8 Å². The van der Waals surface area contributed by atoms with Gasteiger partial charge in [0, 0.05) is 12.1 Å². The summed E-state index contributed by atoms with van der Waals surface area (Å²) < 4.78 is 63.4. The van der Waals surface area contributed by atoms with Gasteiger partial charge in [-0.15, -0.1) is 0 Å². The highest BCUT2D eigenvalue weighted by Crippen LogP contribution is 2.35. The highest BCUT2D eigenvalue weighted by molar-refractivity contribution is 7.92. The SMILES string of the molecule is COc1cc(S(=O)(=O)Nc2cc(F)ccc2F)cc(C(=O)O)c1OC. The smallest absolute Gasteiger partial charge is 0.339 e. The summed E-state index contributed by atoms with van der Waals surface area (Å²) in [5, 5.41) is 9.22. The number of carboxylic acids is 1. The first-order valence-electron chi connectivity index (χ1n) is 6.66. The van der Waals surface area contributed by atoms with E-state index in [9.17, 15) is 27.1 Å². The number of ether oxygens (including phenoxy) is 2. The van der Waals surface area contributed by atoms with Crippen LogP contribution in [0.25, 0.3) is 0 Å². The second kappa shape index (κ2) is 6.93. The van der Waals surface area contributed by atoms with Gasteiger partial charge in [-0.05, 0) is 18.2 Å². The summed E-state index contributed by atoms with van der Waals surface area (Å²) in [6.45, 7) is 0. The summed E-state index contributed by atoms with van der Waals surface area (Å²) in [6.07, 6.45) is 0. The van der Waals surface area contributed by atoms with Crippen molar-refractivity contribution >= 4 is 21.7 Å². The van der Waals surface area contributed by atoms with Crippen molar-refractivity contribution in [2.24, 2.45) is 0 Å². The maximum Gasteiger partial charge on any atom is 0.339 e. The zero-order valence-electron chi connectivity index (χ0n) is 13.0. The van der Waals surface area contributed by atoms with Crippen molar-refractivity contribution < 1.29 is 36.6 Å². The molecule has 0 spiro atoms. The van der Waals surface area contributed by atoms with Crippen molar-refractivity contribution in [2.45, 2.75) is 4.90 Å². The van der Waals surface area contributed by atoms with Crippen LogP contribution in [0.4, 0.5) is 14.5 Å². The molecule has 0 saturated heterocycles. The molecule has 0 saturated carbocycles. The van der Waals surface area contributed by atoms with Gasteiger partial charge in [-0.3, -0.25) is 4.72 Å². The molecule has 0 aliphatic carbocycles. The maximum atomic E-state index is 13.7. The van der Waals surface area contributed by atoms with E-state index in [1.807, 2.05) is 4.72 Å². The second-order valence-electron chi connectivity index (χ2n) is 4.74. The van der Waals surface area contributed by atoms with Crippen LogP contribution < -0.4 is 14.2 Å². The summed E-state index contributed by atoms with van der Waals surface area (Å²) in [5.41, 5.74) is -1.09. The van der Waals surface area contributed by atoms with Gasteiger partial charge in [0.15, 0.2) is 11.5 Å². The van der Waals surface area contributed by atoms with E-state index in [4.69, 9.17) is 9.47 Å². The van der Waals surface area contributed by atoms with Gasteiger partial charge in [0.25, 0.3) is 10.0 Å². The fourth-order valence-corrected chi connectivity index (χ4v) is 3.13. The molecule has 0 amide bonds. The Kier molecular flexibility index (Phi) is 5.12. The van der Waals surface area contributed by atoms with Crippen LogP contribution in [0.2, 0.25) is 0 Å². The summed E-state index contributed by atoms with van der Waals surface area (Å²) in [6, 6.07) is 4.07. The number of aromatic carboxylic acids is 1. The van der Waals surface area contributed by atoms with Gasteiger partial charge in [0.2, 0.25) is 0 Å². The number of sulfonamides is 1. The van der Waals surface area contributed by atoms with E-state index in [0.717, 1.165) is 24.3 Å². The number of nitrogens with one attached hydrogen (secondary N) is 1. The first-order chi connectivity index (χ1) is 11.7. The second-order valence-corrected chi connectivity index (χ2v) is 6.42. The highest BCUT2D eigenvalue weighted by Gasteiger charge is 2.24. The third-order valence-corrected chi connectivity index (χ3v) is 4.51. The first kappa shape index (κ1) is 18.5. The summed E-state index contributed by atoms with van der Waals surface area (Å²) in [5.74, 6) is -3.63. The molecule has 0 aromatic heterocycles. The minimum atomic E-state index is -4.42. The van der Waals surface area contributed by atoms with Gasteiger partial charge >= 0.3 is 5.97 Å². The number of anilines is 1. The van der Waals surface area contributed by atoms with Gasteiger partial charge < -0.3 is 14.6 Å². The Balaban J connectivity index is 2.57. The van der Waals surface area contributed by atoms with Gasteiger partial charge in [-0.2, -0.15) is 0 Å². The molecule has 2 rings (SSSR count). The summed E-state index contributed by atoms with van der Waals surface area (Å²) in [4.78, 5) is 10.8. The average Bonchev–Trinajstić information content (AvgIpc) is 2.56. The number of methoxy groups -OCH3 is 2. The molecule has 0 aliphatic heterocycles. The molecule has 0 unspecified atom stereocenters. The fourth-order valence-electron chi connectivity index (χ4n) is 2.03. The number of hydrogen-bond acceptors (Lipinski definition) is 5. The maximum absolute atomic E-state index is 13.7. The van der Waals surface area contributed by atoms with Crippen molar-refractivity contribution in [3.8, 4) is 11.5 Å². The third kappa shape index (κ3) is 3.79. The van der Waals surface area contributed by atoms with Crippen molar-refractivity contribution in [2.75, 3.05) is 18.9 Å². The Bertz CT molecular complexity index is 930. The zero-order valence-corrected chi connectivity index (χ0v) is 13.9. The van der Waals surface area contributed by atoms with E-state index in [2.05, 4.69) is 0 Å². The lowest BCUT2D eigenvalue weighted by atomic mass is 10.2. The number of benzene rings is 2. The molecule has 7 nitrogen and oxygen atoms in total. The number of hydrogen-bond donors (Lipinski definition) is 2. The van der Waals surface area contributed by atoms with E-state index in [1.165, 1.54) is 14.2 Å². The normalized spacial score (nSPS) is 11.0. The molecule has 0 aliphatic rings. The molecule has 0 fully saturated rings. The van der Waals surface area contributed by atoms with Gasteiger partial charge in [-0.1, -0.05) is 0 Å². The number of rotatable bonds is 6. The Morgan fingerprint density at radius 1 is 1.12 bits per heavy atom. The Morgan fingerprint density at radius 2 is 1.80 bits per heavy atom. The third-order valence-electron chi connectivity index (χ3n) is 3.17. The van der Waals surface area contributed by atoms with E-state index in [0.29, 0.717) is 6.07 Å². The standard InChI is InChI=1S/C15H13F2NO6S/c1-23-13-7-9(6-10(15(19)20)14(13)24-2)25(21,22)18-12-5-8(16)3-4-11(12)17/h3-7,18H,1-2H3,(H,19,20). The number of carbonyl (C=O) groups is 1. The topological polar surface area (TPSA) is 102 Å². The predicted molar refractivity (Wildman–Crippen MR) is 83.7 cm³/mol. The molecule has 10 heteroatoms. The molecule has 0 heterocycles. The molecule has 25 heavy (non-hydrogen) atoms. The van der Waals surface area contributed by atoms with Crippen LogP contribution in [0.5, 0.6) is 11.5 Å². The summed E-state index contributed by atoms with van der Waals surface area (Å²) in [7, 11) is -2.03. The molecule has 2 N–H and O–H groups in total. The fraction of sp³-hybridized carbons (Fsp3) is 0.133. The Morgan fingerprint density at radius 3 is 2.36 bits per heavy atom. The quantitative estimate of drug-likeness (QED) is 0.807. The van der Waals surface area contributed by atoms with Gasteiger partial charge in [0.1, 0.15) is 17.2 Å². The van der Waals surface area contributed by atoms with Crippen LogP contribution in [0.3, 0.4) is 0 Å². The first-order valence-corrected chi connectivity index (χ1v) is 8.15. The van der Waals surface area contributed by atoms with E-state index >= 15 is 0 Å². The monoisotopic (exact) mass is 373 g/mol. The highest BCUT2D eigenvalue weighted by atomic mass is 32.2. The Labute approximate surface area is 141 Å². The number of halogens is 2. The lowest BCUT2D eigenvalue weighted by molar-refractivity contribution is 0.0692. The molecule has 0 radical (unpaired) electrons. The van der Waals surface area contributed by atoms with Crippen LogP contribution in [-0.4, -0.2) is 33.7 Å². The molecule has 0 atom stereocenters. The molecule has 2 aromatic rings. The average molecular weight is 373 g/mol. The van der Waals surface area contributed by atoms with E-state index in [1.54, 1.807) is 0 Å². The zero-order chi connectivity index (χ0) is 18.8. The lowest BCUT2D eigenvalue weighted by Gasteiger charge is -2.14. The van der Waals surface area contributed by atoms with E-state index < -0.39 is 43.8 Å². The predicted octanol–water partition coefficient (Wildman–Crippen LogP) is 2.48. The van der Waals surface area contributed by atoms with Crippen LogP contribution in [0, 0.1) is 11.6 Å². The van der Waals surface area contributed by atoms with Crippen LogP contribution in [-0.2, 0) is 10.0 Å². The minimum absolute atomic E-state index is 0.150. The van der Waals surface area contributed by atoms with Crippen LogP contribution in [0.15, 0.2) is 35.2 Å². The van der Waals surface area contributed by atoms with Crippen LogP contribution in [0.1, 0.15) is 10.4 Å². The largest absolute Gasteiger partial charge is 0.493 e. The van der Waals surface area contributed by atoms with Gasteiger partial charge in [-0.25, -0.2) is 22.0 Å². The van der Waals surface area contributed by atoms with Crippen molar-refractivity contribution in [3.63, 3.8) is 0 Å². The molecular formula is C15H13F2NO6S. The van der Waals surface area contributed by atoms with E-state index in [-0.39, 0.29) is 11.5 Å². The van der Waals surface area contributed by atoms with Crippen molar-refractivity contribution in [3.05, 3.63) is 47.5 Å². The Hall–Kier alpha value is -2.88. The molecular weight excluding hydrogens is 360 g/mol. The molecule has 0 bridgehead atoms. The molecule has 2 aromatic carbocycles. The molecule has 134 valence electrons. The van der Waals surface area contributed by atoms with Crippen molar-refractivity contribution in [1.29, 1.82) is 0 Å².